The van der Waals surface area contributed by atoms with Gasteiger partial charge >= 0.3 is 0 Å². The lowest BCUT2D eigenvalue weighted by molar-refractivity contribution is 0.242. The van der Waals surface area contributed by atoms with E-state index in [1.807, 2.05) is 39.0 Å². The van der Waals surface area contributed by atoms with Crippen molar-refractivity contribution in [1.29, 1.82) is 0 Å². The van der Waals surface area contributed by atoms with Gasteiger partial charge in [-0.25, -0.2) is 4.98 Å². The molecule has 0 atom stereocenters. The van der Waals surface area contributed by atoms with E-state index in [0.29, 0.717) is 5.69 Å². The number of thiazole rings is 1. The maximum Gasteiger partial charge on any atom is 0.123 e. The Hall–Kier alpha value is -1.75. The molecule has 0 aliphatic rings. The fourth-order valence-electron chi connectivity index (χ4n) is 1.92. The molecule has 4 nitrogen and oxygen atoms in total. The number of anilines is 2. The molecule has 108 valence electrons. The third-order valence-corrected chi connectivity index (χ3v) is 3.50. The van der Waals surface area contributed by atoms with E-state index in [-0.39, 0.29) is 6.10 Å². The molecule has 20 heavy (non-hydrogen) atoms. The summed E-state index contributed by atoms with van der Waals surface area (Å²) in [5, 5.41) is 6.57. The molecular formula is C15H21N3OS. The standard InChI is InChI=1S/C15H21N3OS/c1-10(2)19-15-7-12(16)6-14(8-15)17-5-4-13-9-20-11(3)18-13/h6-10,17H,4-5,16H2,1-3H3. The van der Waals surface area contributed by atoms with Gasteiger partial charge in [-0.15, -0.1) is 11.3 Å². The highest BCUT2D eigenvalue weighted by molar-refractivity contribution is 7.09. The lowest BCUT2D eigenvalue weighted by Crippen LogP contribution is -2.08. The zero-order chi connectivity index (χ0) is 14.5. The van der Waals surface area contributed by atoms with Crippen molar-refractivity contribution in [2.24, 2.45) is 0 Å². The Kier molecular flexibility index (Phi) is 4.84. The molecule has 3 N–H and O–H groups in total. The number of hydrogen-bond acceptors (Lipinski definition) is 5. The summed E-state index contributed by atoms with van der Waals surface area (Å²) in [6.45, 7) is 6.85. The van der Waals surface area contributed by atoms with E-state index in [4.69, 9.17) is 10.5 Å². The van der Waals surface area contributed by atoms with Crippen LogP contribution in [0.5, 0.6) is 5.75 Å². The molecule has 0 amide bonds. The molecule has 1 heterocycles. The Morgan fingerprint density at radius 1 is 1.35 bits per heavy atom. The third kappa shape index (κ3) is 4.42. The van der Waals surface area contributed by atoms with E-state index in [1.54, 1.807) is 11.3 Å². The van der Waals surface area contributed by atoms with Crippen molar-refractivity contribution >= 4 is 22.7 Å². The highest BCUT2D eigenvalue weighted by Gasteiger charge is 2.03. The van der Waals surface area contributed by atoms with E-state index >= 15 is 0 Å². The van der Waals surface area contributed by atoms with Crippen LogP contribution in [0, 0.1) is 6.92 Å². The second-order valence-corrected chi connectivity index (χ2v) is 6.05. The van der Waals surface area contributed by atoms with E-state index in [9.17, 15) is 0 Å². The second kappa shape index (κ2) is 6.61. The van der Waals surface area contributed by atoms with E-state index in [1.165, 1.54) is 0 Å². The minimum Gasteiger partial charge on any atom is -0.491 e. The number of nitrogen functional groups attached to an aromatic ring is 1. The predicted molar refractivity (Wildman–Crippen MR) is 85.7 cm³/mol. The second-order valence-electron chi connectivity index (χ2n) is 4.99. The zero-order valence-electron chi connectivity index (χ0n) is 12.1. The van der Waals surface area contributed by atoms with E-state index in [2.05, 4.69) is 15.7 Å². The number of ether oxygens (including phenoxy) is 1. The largest absolute Gasteiger partial charge is 0.491 e. The first-order valence-corrected chi connectivity index (χ1v) is 7.63. The summed E-state index contributed by atoms with van der Waals surface area (Å²) in [5.41, 5.74) is 8.70. The molecule has 0 fully saturated rings. The minimum atomic E-state index is 0.141. The van der Waals surface area contributed by atoms with Crippen LogP contribution >= 0.6 is 11.3 Å². The first-order chi connectivity index (χ1) is 9.52. The number of nitrogens with one attached hydrogen (secondary N) is 1. The zero-order valence-corrected chi connectivity index (χ0v) is 13.0. The number of hydrogen-bond donors (Lipinski definition) is 2. The average molecular weight is 291 g/mol. The molecule has 0 saturated heterocycles. The summed E-state index contributed by atoms with van der Waals surface area (Å²) in [7, 11) is 0. The molecule has 1 aromatic heterocycles. The summed E-state index contributed by atoms with van der Waals surface area (Å²) in [6.07, 6.45) is 1.04. The van der Waals surface area contributed by atoms with Crippen molar-refractivity contribution in [3.05, 3.63) is 34.3 Å². The molecule has 0 radical (unpaired) electrons. The van der Waals surface area contributed by atoms with Crippen LogP contribution in [0.2, 0.25) is 0 Å². The van der Waals surface area contributed by atoms with Gasteiger partial charge in [-0.1, -0.05) is 0 Å². The number of benzene rings is 1. The Labute approximate surface area is 124 Å². The van der Waals surface area contributed by atoms with Gasteiger partial charge in [0, 0.05) is 41.9 Å². The Morgan fingerprint density at radius 2 is 2.15 bits per heavy atom. The molecule has 0 aliphatic heterocycles. The summed E-state index contributed by atoms with van der Waals surface area (Å²) in [6, 6.07) is 5.73. The molecule has 0 bridgehead atoms. The smallest absolute Gasteiger partial charge is 0.123 e. The highest BCUT2D eigenvalue weighted by atomic mass is 32.1. The first-order valence-electron chi connectivity index (χ1n) is 6.75. The van der Waals surface area contributed by atoms with Crippen molar-refractivity contribution in [2.75, 3.05) is 17.6 Å². The van der Waals surface area contributed by atoms with E-state index in [0.717, 1.165) is 35.1 Å². The SMILES string of the molecule is Cc1nc(CCNc2cc(N)cc(OC(C)C)c2)cs1. The first kappa shape index (κ1) is 14.7. The predicted octanol–water partition coefficient (Wildman–Crippen LogP) is 3.48. The quantitative estimate of drug-likeness (QED) is 0.800. The van der Waals surface area contributed by atoms with Crippen LogP contribution in [-0.2, 0) is 6.42 Å². The summed E-state index contributed by atoms with van der Waals surface area (Å²) >= 11 is 1.68. The van der Waals surface area contributed by atoms with Crippen molar-refractivity contribution in [3.8, 4) is 5.75 Å². The molecule has 1 aromatic carbocycles. The normalized spacial score (nSPS) is 10.8. The Morgan fingerprint density at radius 3 is 2.80 bits per heavy atom. The van der Waals surface area contributed by atoms with Gasteiger partial charge in [0.1, 0.15) is 5.75 Å². The molecule has 5 heteroatoms. The van der Waals surface area contributed by atoms with Gasteiger partial charge in [0.25, 0.3) is 0 Å². The fraction of sp³-hybridized carbons (Fsp3) is 0.400. The van der Waals surface area contributed by atoms with Gasteiger partial charge in [0.15, 0.2) is 0 Å². The van der Waals surface area contributed by atoms with Crippen molar-refractivity contribution in [2.45, 2.75) is 33.3 Å². The lowest BCUT2D eigenvalue weighted by atomic mass is 10.2. The summed E-state index contributed by atoms with van der Waals surface area (Å²) in [5.74, 6) is 0.798. The van der Waals surface area contributed by atoms with Gasteiger partial charge in [-0.05, 0) is 26.8 Å². The molecule has 0 saturated carbocycles. The van der Waals surface area contributed by atoms with Crippen LogP contribution < -0.4 is 15.8 Å². The number of rotatable bonds is 6. The van der Waals surface area contributed by atoms with Crippen LogP contribution in [0.1, 0.15) is 24.5 Å². The van der Waals surface area contributed by atoms with Gasteiger partial charge in [0.05, 0.1) is 16.8 Å². The van der Waals surface area contributed by atoms with Crippen LogP contribution in [0.15, 0.2) is 23.6 Å². The molecule has 0 unspecified atom stereocenters. The average Bonchev–Trinajstić information content (AvgIpc) is 2.73. The van der Waals surface area contributed by atoms with Gasteiger partial charge < -0.3 is 15.8 Å². The topological polar surface area (TPSA) is 60.2 Å². The number of aryl methyl sites for hydroxylation is 1. The van der Waals surface area contributed by atoms with Crippen LogP contribution in [0.4, 0.5) is 11.4 Å². The Bertz CT molecular complexity index is 566. The Balaban J connectivity index is 1.93. The van der Waals surface area contributed by atoms with E-state index < -0.39 is 0 Å². The molecule has 2 rings (SSSR count). The number of nitrogens with two attached hydrogens (primary N) is 1. The van der Waals surface area contributed by atoms with Crippen LogP contribution in [0.25, 0.3) is 0 Å². The maximum absolute atomic E-state index is 5.89. The maximum atomic E-state index is 5.89. The van der Waals surface area contributed by atoms with Gasteiger partial charge in [0.2, 0.25) is 0 Å². The molecule has 0 aliphatic carbocycles. The van der Waals surface area contributed by atoms with Crippen LogP contribution in [0.3, 0.4) is 0 Å². The molecule has 0 spiro atoms. The van der Waals surface area contributed by atoms with Crippen molar-refractivity contribution in [1.82, 2.24) is 4.98 Å². The number of aromatic nitrogens is 1. The van der Waals surface area contributed by atoms with Gasteiger partial charge in [-0.3, -0.25) is 0 Å². The third-order valence-electron chi connectivity index (χ3n) is 2.68. The molecular weight excluding hydrogens is 270 g/mol. The highest BCUT2D eigenvalue weighted by Crippen LogP contribution is 2.23. The van der Waals surface area contributed by atoms with Gasteiger partial charge in [-0.2, -0.15) is 0 Å². The lowest BCUT2D eigenvalue weighted by Gasteiger charge is -2.13. The minimum absolute atomic E-state index is 0.141. The number of nitrogens with zero attached hydrogens (tertiary/aromatic N) is 1. The molecule has 2 aromatic rings. The fourth-order valence-corrected chi connectivity index (χ4v) is 2.57. The van der Waals surface area contributed by atoms with Crippen LogP contribution in [-0.4, -0.2) is 17.6 Å². The monoisotopic (exact) mass is 291 g/mol. The van der Waals surface area contributed by atoms with Crippen molar-refractivity contribution in [3.63, 3.8) is 0 Å². The summed E-state index contributed by atoms with van der Waals surface area (Å²) in [4.78, 5) is 4.45. The van der Waals surface area contributed by atoms with Crippen molar-refractivity contribution < 1.29 is 4.74 Å². The summed E-state index contributed by atoms with van der Waals surface area (Å²) < 4.78 is 5.67.